The van der Waals surface area contributed by atoms with Crippen molar-refractivity contribution in [3.8, 4) is 29.8 Å². The maximum atomic E-state index is 12.0. The maximum Gasteiger partial charge on any atom is 0.510 e. The van der Waals surface area contributed by atoms with Crippen LogP contribution >= 0.6 is 0 Å². The highest BCUT2D eigenvalue weighted by atomic mass is 16.7. The number of nitriles is 1. The van der Waals surface area contributed by atoms with E-state index in [1.54, 1.807) is 55.5 Å². The predicted octanol–water partition coefficient (Wildman–Crippen LogP) is 3.79. The average Bonchev–Trinajstić information content (AvgIpc) is 2.81. The van der Waals surface area contributed by atoms with Crippen LogP contribution < -0.4 is 0 Å². The minimum Gasteiger partial charge on any atom is -0.434 e. The summed E-state index contributed by atoms with van der Waals surface area (Å²) in [7, 11) is 1.54. The van der Waals surface area contributed by atoms with E-state index in [-0.39, 0.29) is 18.9 Å². The van der Waals surface area contributed by atoms with Crippen molar-refractivity contribution < 1.29 is 23.9 Å². The minimum absolute atomic E-state index is 0.0648. The molecule has 0 spiro atoms. The molecule has 2 aromatic rings. The number of rotatable bonds is 6. The van der Waals surface area contributed by atoms with E-state index in [9.17, 15) is 20.2 Å². The van der Waals surface area contributed by atoms with Crippen LogP contribution in [0.4, 0.5) is 10.5 Å². The predicted molar refractivity (Wildman–Crippen MR) is 115 cm³/mol. The molecule has 2 atom stereocenters. The summed E-state index contributed by atoms with van der Waals surface area (Å²) in [5, 5.41) is 20.4. The highest BCUT2D eigenvalue weighted by Crippen LogP contribution is 2.26. The molecular weight excluding hydrogens is 412 g/mol. The molecule has 32 heavy (non-hydrogen) atoms. The normalized spacial score (nSPS) is 11.4. The zero-order chi connectivity index (χ0) is 23.3. The van der Waals surface area contributed by atoms with Gasteiger partial charge in [-0.25, -0.2) is 4.79 Å². The standard InChI is InChI=1S/C24H20N2O6/c1-18(22-11-5-6-12-23(22)26(28)29)17-31-24(27)32-21(16-25)14-13-20-9-4-3-8-19(20)10-7-15-30-2/h3-6,8-9,11-12,18,21H,15,17H2,1-2H3. The number of benzene rings is 2. The van der Waals surface area contributed by atoms with E-state index in [0.29, 0.717) is 16.7 Å². The van der Waals surface area contributed by atoms with Gasteiger partial charge in [-0.2, -0.15) is 5.26 Å². The number of ether oxygens (including phenoxy) is 3. The lowest BCUT2D eigenvalue weighted by atomic mass is 10.0. The number of hydrogen-bond acceptors (Lipinski definition) is 7. The van der Waals surface area contributed by atoms with E-state index >= 15 is 0 Å². The van der Waals surface area contributed by atoms with Crippen molar-refractivity contribution in [2.75, 3.05) is 20.3 Å². The fraction of sp³-hybridized carbons (Fsp3) is 0.250. The molecule has 162 valence electrons. The van der Waals surface area contributed by atoms with Crippen LogP contribution in [-0.2, 0) is 14.2 Å². The van der Waals surface area contributed by atoms with Crippen LogP contribution in [-0.4, -0.2) is 37.5 Å². The molecule has 2 rings (SSSR count). The Morgan fingerprint density at radius 3 is 2.44 bits per heavy atom. The Morgan fingerprint density at radius 1 is 1.12 bits per heavy atom. The zero-order valence-electron chi connectivity index (χ0n) is 17.5. The van der Waals surface area contributed by atoms with Gasteiger partial charge in [0.15, 0.2) is 0 Å². The molecule has 0 aromatic heterocycles. The monoisotopic (exact) mass is 432 g/mol. The summed E-state index contributed by atoms with van der Waals surface area (Å²) in [4.78, 5) is 22.6. The Morgan fingerprint density at radius 2 is 1.78 bits per heavy atom. The number of nitro groups is 1. The van der Waals surface area contributed by atoms with Gasteiger partial charge in [0.05, 0.1) is 4.92 Å². The summed E-state index contributed by atoms with van der Waals surface area (Å²) in [6.07, 6.45) is -2.45. The van der Waals surface area contributed by atoms with E-state index in [2.05, 4.69) is 23.7 Å². The molecule has 0 aliphatic carbocycles. The fourth-order valence-electron chi connectivity index (χ4n) is 2.62. The summed E-state index contributed by atoms with van der Waals surface area (Å²) in [6.45, 7) is 1.79. The van der Waals surface area contributed by atoms with E-state index in [0.717, 1.165) is 0 Å². The molecule has 0 heterocycles. The summed E-state index contributed by atoms with van der Waals surface area (Å²) in [5.74, 6) is 10.6. The zero-order valence-corrected chi connectivity index (χ0v) is 17.5. The fourth-order valence-corrected chi connectivity index (χ4v) is 2.62. The van der Waals surface area contributed by atoms with Crippen molar-refractivity contribution in [3.05, 3.63) is 75.3 Å². The topological polar surface area (TPSA) is 112 Å². The molecule has 2 unspecified atom stereocenters. The molecule has 8 nitrogen and oxygen atoms in total. The van der Waals surface area contributed by atoms with Crippen molar-refractivity contribution in [2.45, 2.75) is 18.9 Å². The smallest absolute Gasteiger partial charge is 0.434 e. The SMILES string of the molecule is COCC#Cc1ccccc1C#CC(C#N)OC(=O)OCC(C)c1ccccc1[N+](=O)[O-]. The molecule has 0 aliphatic rings. The van der Waals surface area contributed by atoms with Crippen LogP contribution in [0.5, 0.6) is 0 Å². The first kappa shape index (κ1) is 24.0. The van der Waals surface area contributed by atoms with Gasteiger partial charge in [-0.3, -0.25) is 10.1 Å². The first-order valence-electron chi connectivity index (χ1n) is 9.51. The molecule has 0 bridgehead atoms. The minimum atomic E-state index is -1.36. The van der Waals surface area contributed by atoms with Gasteiger partial charge in [0.1, 0.15) is 19.3 Å². The molecule has 0 fully saturated rings. The third kappa shape index (κ3) is 7.18. The van der Waals surface area contributed by atoms with Crippen molar-refractivity contribution >= 4 is 11.8 Å². The van der Waals surface area contributed by atoms with Gasteiger partial charge < -0.3 is 14.2 Å². The van der Waals surface area contributed by atoms with Crippen LogP contribution in [0.1, 0.15) is 29.5 Å². The van der Waals surface area contributed by atoms with Gasteiger partial charge in [0.2, 0.25) is 0 Å². The van der Waals surface area contributed by atoms with Crippen LogP contribution in [0.15, 0.2) is 48.5 Å². The molecular formula is C24H20N2O6. The van der Waals surface area contributed by atoms with Crippen molar-refractivity contribution in [2.24, 2.45) is 0 Å². The van der Waals surface area contributed by atoms with Gasteiger partial charge in [-0.1, -0.05) is 55.0 Å². The maximum absolute atomic E-state index is 12.0. The van der Waals surface area contributed by atoms with E-state index < -0.39 is 23.1 Å². The molecule has 2 aromatic carbocycles. The average molecular weight is 432 g/mol. The molecule has 0 amide bonds. The second-order valence-electron chi connectivity index (χ2n) is 6.45. The Balaban J connectivity index is 2.00. The van der Waals surface area contributed by atoms with Gasteiger partial charge in [-0.05, 0) is 18.1 Å². The lowest BCUT2D eigenvalue weighted by Gasteiger charge is -2.13. The highest BCUT2D eigenvalue weighted by molar-refractivity contribution is 5.61. The summed E-state index contributed by atoms with van der Waals surface area (Å²) in [5.41, 5.74) is 1.58. The van der Waals surface area contributed by atoms with Crippen LogP contribution in [0, 0.1) is 45.1 Å². The first-order chi connectivity index (χ1) is 15.5. The van der Waals surface area contributed by atoms with E-state index in [1.807, 2.05) is 0 Å². The van der Waals surface area contributed by atoms with Crippen LogP contribution in [0.2, 0.25) is 0 Å². The van der Waals surface area contributed by atoms with E-state index in [1.165, 1.54) is 13.2 Å². The molecule has 0 radical (unpaired) electrons. The van der Waals surface area contributed by atoms with Gasteiger partial charge in [0.25, 0.3) is 11.8 Å². The number of methoxy groups -OCH3 is 1. The quantitative estimate of drug-likeness (QED) is 0.295. The Kier molecular flexibility index (Phi) is 9.28. The Labute approximate surface area is 185 Å². The molecule has 8 heteroatoms. The number of carbonyl (C=O) groups is 1. The largest absolute Gasteiger partial charge is 0.510 e. The molecule has 0 saturated heterocycles. The number of hydrogen-bond donors (Lipinski definition) is 0. The molecule has 0 aliphatic heterocycles. The Hall–Kier alpha value is -4.32. The third-order valence-electron chi connectivity index (χ3n) is 4.15. The summed E-state index contributed by atoms with van der Waals surface area (Å²) >= 11 is 0. The van der Waals surface area contributed by atoms with Crippen molar-refractivity contribution in [1.82, 2.24) is 0 Å². The molecule has 0 N–H and O–H groups in total. The highest BCUT2D eigenvalue weighted by Gasteiger charge is 2.20. The van der Waals surface area contributed by atoms with Crippen molar-refractivity contribution in [3.63, 3.8) is 0 Å². The lowest BCUT2D eigenvalue weighted by Crippen LogP contribution is -2.18. The number of para-hydroxylation sites is 1. The van der Waals surface area contributed by atoms with Crippen LogP contribution in [0.3, 0.4) is 0 Å². The summed E-state index contributed by atoms with van der Waals surface area (Å²) in [6, 6.07) is 15.0. The number of nitrogens with zero attached hydrogens (tertiary/aromatic N) is 2. The van der Waals surface area contributed by atoms with Crippen molar-refractivity contribution in [1.29, 1.82) is 5.26 Å². The third-order valence-corrected chi connectivity index (χ3v) is 4.15. The Bertz CT molecular complexity index is 1130. The van der Waals surface area contributed by atoms with E-state index in [4.69, 9.17) is 14.2 Å². The molecule has 0 saturated carbocycles. The lowest BCUT2D eigenvalue weighted by molar-refractivity contribution is -0.385. The van der Waals surface area contributed by atoms with Gasteiger partial charge >= 0.3 is 6.16 Å². The number of nitro benzene ring substituents is 1. The van der Waals surface area contributed by atoms with Gasteiger partial charge in [0, 0.05) is 35.8 Å². The summed E-state index contributed by atoms with van der Waals surface area (Å²) < 4.78 is 14.9. The second-order valence-corrected chi connectivity index (χ2v) is 6.45. The number of carbonyl (C=O) groups excluding carboxylic acids is 1. The van der Waals surface area contributed by atoms with Crippen LogP contribution in [0.25, 0.3) is 0 Å². The first-order valence-corrected chi connectivity index (χ1v) is 9.51. The van der Waals surface area contributed by atoms with Gasteiger partial charge in [-0.15, -0.1) is 0 Å². The second kappa shape index (κ2) is 12.4.